The Balaban J connectivity index is 1.64. The van der Waals surface area contributed by atoms with E-state index in [9.17, 15) is 14.9 Å². The smallest absolute Gasteiger partial charge is 0.306 e. The zero-order valence-electron chi connectivity index (χ0n) is 14.3. The SMILES string of the molecule is CC(C)c1ccc(OCCNC(=O)CCn2cc([N+](=O)[O-])cn2)cc1. The van der Waals surface area contributed by atoms with Crippen LogP contribution in [-0.4, -0.2) is 33.8 Å². The average molecular weight is 346 g/mol. The number of nitro groups is 1. The Labute approximate surface area is 145 Å². The molecule has 8 nitrogen and oxygen atoms in total. The lowest BCUT2D eigenvalue weighted by Gasteiger charge is -2.09. The van der Waals surface area contributed by atoms with Crippen LogP contribution in [0.15, 0.2) is 36.7 Å². The molecule has 0 radical (unpaired) electrons. The molecular weight excluding hydrogens is 324 g/mol. The highest BCUT2D eigenvalue weighted by atomic mass is 16.6. The van der Waals surface area contributed by atoms with Gasteiger partial charge in [0, 0.05) is 13.0 Å². The number of amides is 1. The minimum Gasteiger partial charge on any atom is -0.492 e. The average Bonchev–Trinajstić information content (AvgIpc) is 3.06. The number of aromatic nitrogens is 2. The third-order valence-corrected chi connectivity index (χ3v) is 3.64. The molecule has 25 heavy (non-hydrogen) atoms. The van der Waals surface area contributed by atoms with E-state index < -0.39 is 4.92 Å². The zero-order valence-corrected chi connectivity index (χ0v) is 14.3. The second-order valence-corrected chi connectivity index (χ2v) is 5.89. The number of carbonyl (C=O) groups excluding carboxylic acids is 1. The van der Waals surface area contributed by atoms with E-state index in [-0.39, 0.29) is 24.6 Å². The summed E-state index contributed by atoms with van der Waals surface area (Å²) in [6.07, 6.45) is 2.66. The second-order valence-electron chi connectivity index (χ2n) is 5.89. The first kappa shape index (κ1) is 18.4. The Morgan fingerprint density at radius 2 is 2.08 bits per heavy atom. The summed E-state index contributed by atoms with van der Waals surface area (Å²) in [6, 6.07) is 7.90. The normalized spacial score (nSPS) is 10.7. The molecule has 0 saturated heterocycles. The number of hydrogen-bond acceptors (Lipinski definition) is 5. The first-order valence-corrected chi connectivity index (χ1v) is 8.12. The van der Waals surface area contributed by atoms with Crippen LogP contribution in [-0.2, 0) is 11.3 Å². The van der Waals surface area contributed by atoms with Crippen LogP contribution in [0.1, 0.15) is 31.7 Å². The van der Waals surface area contributed by atoms with Crippen molar-refractivity contribution < 1.29 is 14.5 Å². The third-order valence-electron chi connectivity index (χ3n) is 3.64. The van der Waals surface area contributed by atoms with Crippen molar-refractivity contribution in [1.82, 2.24) is 15.1 Å². The first-order chi connectivity index (χ1) is 12.0. The Morgan fingerprint density at radius 3 is 2.68 bits per heavy atom. The largest absolute Gasteiger partial charge is 0.492 e. The number of hydrogen-bond donors (Lipinski definition) is 1. The summed E-state index contributed by atoms with van der Waals surface area (Å²) in [6.45, 7) is 5.32. The quantitative estimate of drug-likeness (QED) is 0.427. The van der Waals surface area contributed by atoms with Crippen LogP contribution in [0, 0.1) is 10.1 Å². The van der Waals surface area contributed by atoms with E-state index in [1.165, 1.54) is 16.4 Å². The summed E-state index contributed by atoms with van der Waals surface area (Å²) in [4.78, 5) is 21.8. The van der Waals surface area contributed by atoms with Gasteiger partial charge in [0.2, 0.25) is 5.91 Å². The summed E-state index contributed by atoms with van der Waals surface area (Å²) in [5.74, 6) is 1.09. The fourth-order valence-electron chi connectivity index (χ4n) is 2.18. The molecule has 0 aliphatic rings. The van der Waals surface area contributed by atoms with Crippen LogP contribution < -0.4 is 10.1 Å². The summed E-state index contributed by atoms with van der Waals surface area (Å²) in [5.41, 5.74) is 1.16. The molecule has 0 unspecified atom stereocenters. The molecule has 1 amide bonds. The first-order valence-electron chi connectivity index (χ1n) is 8.12. The van der Waals surface area contributed by atoms with Crippen LogP contribution in [0.4, 0.5) is 5.69 Å². The van der Waals surface area contributed by atoms with Crippen molar-refractivity contribution in [3.63, 3.8) is 0 Å². The van der Waals surface area contributed by atoms with E-state index in [1.54, 1.807) is 0 Å². The van der Waals surface area contributed by atoms with Crippen molar-refractivity contribution in [3.8, 4) is 5.75 Å². The standard InChI is InChI=1S/C17H22N4O4/c1-13(2)14-3-5-16(6-4-14)25-10-8-18-17(22)7-9-20-12-15(11-19-20)21(23)24/h3-6,11-13H,7-10H2,1-2H3,(H,18,22). The fraction of sp³-hybridized carbons (Fsp3) is 0.412. The molecule has 0 saturated carbocycles. The minimum absolute atomic E-state index is 0.0858. The number of nitrogens with zero attached hydrogens (tertiary/aromatic N) is 3. The third kappa shape index (κ3) is 5.91. The molecule has 1 aromatic heterocycles. The van der Waals surface area contributed by atoms with Gasteiger partial charge in [0.15, 0.2) is 0 Å². The van der Waals surface area contributed by atoms with Crippen molar-refractivity contribution in [1.29, 1.82) is 0 Å². The Morgan fingerprint density at radius 1 is 1.36 bits per heavy atom. The van der Waals surface area contributed by atoms with Crippen molar-refractivity contribution in [2.75, 3.05) is 13.2 Å². The number of benzene rings is 1. The van der Waals surface area contributed by atoms with Crippen LogP contribution in [0.3, 0.4) is 0 Å². The molecule has 1 heterocycles. The molecule has 1 N–H and O–H groups in total. The predicted octanol–water partition coefficient (Wildman–Crippen LogP) is 2.50. The van der Waals surface area contributed by atoms with Gasteiger partial charge in [-0.3, -0.25) is 19.6 Å². The molecule has 0 fully saturated rings. The number of ether oxygens (including phenoxy) is 1. The number of rotatable bonds is 9. The van der Waals surface area contributed by atoms with E-state index in [0.717, 1.165) is 11.9 Å². The molecular formula is C17H22N4O4. The van der Waals surface area contributed by atoms with Gasteiger partial charge in [-0.2, -0.15) is 5.10 Å². The van der Waals surface area contributed by atoms with Crippen LogP contribution in [0.25, 0.3) is 0 Å². The van der Waals surface area contributed by atoms with Gasteiger partial charge in [0.05, 0.1) is 11.5 Å². The molecule has 2 aromatic rings. The Bertz CT molecular complexity index is 710. The van der Waals surface area contributed by atoms with E-state index >= 15 is 0 Å². The lowest BCUT2D eigenvalue weighted by Crippen LogP contribution is -2.28. The van der Waals surface area contributed by atoms with E-state index in [4.69, 9.17) is 4.74 Å². The molecule has 0 bridgehead atoms. The van der Waals surface area contributed by atoms with Gasteiger partial charge in [-0.05, 0) is 23.6 Å². The molecule has 1 aromatic carbocycles. The maximum atomic E-state index is 11.7. The fourth-order valence-corrected chi connectivity index (χ4v) is 2.18. The van der Waals surface area contributed by atoms with Gasteiger partial charge in [0.25, 0.3) is 0 Å². The van der Waals surface area contributed by atoms with Crippen LogP contribution >= 0.6 is 0 Å². The number of nitrogens with one attached hydrogen (secondary N) is 1. The molecule has 0 aliphatic carbocycles. The van der Waals surface area contributed by atoms with Crippen molar-refractivity contribution in [3.05, 3.63) is 52.3 Å². The van der Waals surface area contributed by atoms with Crippen LogP contribution in [0.5, 0.6) is 5.75 Å². The highest BCUT2D eigenvalue weighted by Crippen LogP contribution is 2.18. The maximum Gasteiger partial charge on any atom is 0.306 e. The molecule has 8 heteroatoms. The van der Waals surface area contributed by atoms with Crippen molar-refractivity contribution in [2.45, 2.75) is 32.7 Å². The highest BCUT2D eigenvalue weighted by molar-refractivity contribution is 5.75. The topological polar surface area (TPSA) is 99.3 Å². The van der Waals surface area contributed by atoms with Gasteiger partial charge < -0.3 is 10.1 Å². The maximum absolute atomic E-state index is 11.7. The molecule has 134 valence electrons. The van der Waals surface area contributed by atoms with E-state index in [1.807, 2.05) is 24.3 Å². The van der Waals surface area contributed by atoms with Crippen molar-refractivity contribution in [2.24, 2.45) is 0 Å². The predicted molar refractivity (Wildman–Crippen MR) is 92.5 cm³/mol. The van der Waals surface area contributed by atoms with E-state index in [0.29, 0.717) is 19.1 Å². The molecule has 2 rings (SSSR count). The van der Waals surface area contributed by atoms with Crippen molar-refractivity contribution >= 4 is 11.6 Å². The molecule has 0 aliphatic heterocycles. The lowest BCUT2D eigenvalue weighted by molar-refractivity contribution is -0.385. The van der Waals surface area contributed by atoms with E-state index in [2.05, 4.69) is 24.3 Å². The van der Waals surface area contributed by atoms with Gasteiger partial charge >= 0.3 is 5.69 Å². The Hall–Kier alpha value is -2.90. The number of carbonyl (C=O) groups is 1. The minimum atomic E-state index is -0.519. The van der Waals surface area contributed by atoms with Crippen LogP contribution in [0.2, 0.25) is 0 Å². The van der Waals surface area contributed by atoms with Gasteiger partial charge in [0.1, 0.15) is 24.8 Å². The summed E-state index contributed by atoms with van der Waals surface area (Å²) in [5, 5.41) is 17.1. The summed E-state index contributed by atoms with van der Waals surface area (Å²) < 4.78 is 6.96. The van der Waals surface area contributed by atoms with Gasteiger partial charge in [-0.15, -0.1) is 0 Å². The monoisotopic (exact) mass is 346 g/mol. The lowest BCUT2D eigenvalue weighted by atomic mass is 10.0. The summed E-state index contributed by atoms with van der Waals surface area (Å²) >= 11 is 0. The second kappa shape index (κ2) is 8.81. The summed E-state index contributed by atoms with van der Waals surface area (Å²) in [7, 11) is 0. The van der Waals surface area contributed by atoms with Gasteiger partial charge in [-0.25, -0.2) is 0 Å². The Kier molecular flexibility index (Phi) is 6.50. The zero-order chi connectivity index (χ0) is 18.2. The molecule has 0 atom stereocenters. The number of aryl methyl sites for hydroxylation is 1. The van der Waals surface area contributed by atoms with Gasteiger partial charge in [-0.1, -0.05) is 26.0 Å². The highest BCUT2D eigenvalue weighted by Gasteiger charge is 2.09. The molecule has 0 spiro atoms.